The Hall–Kier alpha value is -0.900. The van der Waals surface area contributed by atoms with Crippen LogP contribution in [-0.4, -0.2) is 11.0 Å². The predicted octanol–water partition coefficient (Wildman–Crippen LogP) is 1.77. The minimum atomic E-state index is -0.211. The molecule has 0 bridgehead atoms. The molecule has 4 heteroatoms. The average molecular weight is 171 g/mol. The summed E-state index contributed by atoms with van der Waals surface area (Å²) in [6.45, 7) is 3.58. The van der Waals surface area contributed by atoms with Gasteiger partial charge in [0.05, 0.1) is 11.2 Å². The molecule has 60 valence electrons. The summed E-state index contributed by atoms with van der Waals surface area (Å²) >= 11 is 1.34. The Morgan fingerprint density at radius 1 is 1.82 bits per heavy atom. The summed E-state index contributed by atoms with van der Waals surface area (Å²) in [5.74, 6) is -0.211. The van der Waals surface area contributed by atoms with E-state index < -0.39 is 0 Å². The Kier molecular flexibility index (Phi) is 2.59. The van der Waals surface area contributed by atoms with Crippen molar-refractivity contribution in [3.05, 3.63) is 11.2 Å². The highest BCUT2D eigenvalue weighted by molar-refractivity contribution is 7.11. The van der Waals surface area contributed by atoms with Gasteiger partial charge >= 0.3 is 5.97 Å². The maximum atomic E-state index is 10.8. The van der Waals surface area contributed by atoms with E-state index in [1.54, 1.807) is 12.4 Å². The van der Waals surface area contributed by atoms with Gasteiger partial charge in [-0.05, 0) is 6.92 Å². The number of aryl methyl sites for hydroxylation is 1. The third-order valence-electron chi connectivity index (χ3n) is 1.20. The smallest absolute Gasteiger partial charge is 0.311 e. The van der Waals surface area contributed by atoms with Crippen molar-refractivity contribution in [3.63, 3.8) is 0 Å². The van der Waals surface area contributed by atoms with Crippen LogP contribution < -0.4 is 4.74 Å². The molecule has 0 aliphatic carbocycles. The Morgan fingerprint density at radius 2 is 2.55 bits per heavy atom. The number of thiazole rings is 1. The zero-order valence-corrected chi connectivity index (χ0v) is 7.27. The van der Waals surface area contributed by atoms with Crippen LogP contribution in [0.15, 0.2) is 5.51 Å². The number of rotatable bonds is 2. The first-order valence-electron chi connectivity index (χ1n) is 3.34. The highest BCUT2D eigenvalue weighted by Gasteiger charge is 2.06. The standard InChI is InChI=1S/C7H9NO2S/c1-3-6(9)10-7-5(2)8-4-11-7/h4H,3H2,1-2H3. The average Bonchev–Trinajstić information content (AvgIpc) is 2.37. The first-order chi connectivity index (χ1) is 5.24. The zero-order valence-electron chi connectivity index (χ0n) is 6.46. The van der Waals surface area contributed by atoms with Crippen LogP contribution in [0.2, 0.25) is 0 Å². The summed E-state index contributed by atoms with van der Waals surface area (Å²) in [5, 5.41) is 0.608. The molecule has 1 aromatic heterocycles. The topological polar surface area (TPSA) is 39.2 Å². The summed E-state index contributed by atoms with van der Waals surface area (Å²) in [6, 6.07) is 0. The number of esters is 1. The molecule has 1 aromatic rings. The summed E-state index contributed by atoms with van der Waals surface area (Å²) in [4.78, 5) is 14.7. The Bertz CT molecular complexity index is 257. The van der Waals surface area contributed by atoms with Crippen molar-refractivity contribution in [2.45, 2.75) is 20.3 Å². The molecule has 3 nitrogen and oxygen atoms in total. The molecule has 0 radical (unpaired) electrons. The minimum Gasteiger partial charge on any atom is -0.413 e. The van der Waals surface area contributed by atoms with Crippen molar-refractivity contribution in [3.8, 4) is 5.06 Å². The lowest BCUT2D eigenvalue weighted by Gasteiger charge is -1.97. The highest BCUT2D eigenvalue weighted by atomic mass is 32.1. The summed E-state index contributed by atoms with van der Waals surface area (Å²) in [5.41, 5.74) is 2.44. The van der Waals surface area contributed by atoms with Crippen LogP contribution in [-0.2, 0) is 4.79 Å². The number of carbonyl (C=O) groups excluding carboxylic acids is 1. The fourth-order valence-corrected chi connectivity index (χ4v) is 1.24. The number of hydrogen-bond donors (Lipinski definition) is 0. The zero-order chi connectivity index (χ0) is 8.27. The lowest BCUT2D eigenvalue weighted by Crippen LogP contribution is -2.04. The van der Waals surface area contributed by atoms with Crippen LogP contribution in [0, 0.1) is 6.92 Å². The molecule has 0 atom stereocenters. The molecule has 0 aliphatic heterocycles. The monoisotopic (exact) mass is 171 g/mol. The van der Waals surface area contributed by atoms with Gasteiger partial charge in [0.15, 0.2) is 0 Å². The lowest BCUT2D eigenvalue weighted by molar-refractivity contribution is -0.133. The molecule has 11 heavy (non-hydrogen) atoms. The maximum Gasteiger partial charge on any atom is 0.311 e. The van der Waals surface area contributed by atoms with Crippen molar-refractivity contribution < 1.29 is 9.53 Å². The van der Waals surface area contributed by atoms with Gasteiger partial charge in [-0.15, -0.1) is 0 Å². The van der Waals surface area contributed by atoms with Crippen LogP contribution in [0.1, 0.15) is 19.0 Å². The molecule has 0 saturated heterocycles. The fourth-order valence-electron chi connectivity index (χ4n) is 0.565. The molecule has 0 saturated carbocycles. The fraction of sp³-hybridized carbons (Fsp3) is 0.429. The van der Waals surface area contributed by atoms with Crippen molar-refractivity contribution in [1.29, 1.82) is 0 Å². The number of aromatic nitrogens is 1. The van der Waals surface area contributed by atoms with Gasteiger partial charge in [0.25, 0.3) is 0 Å². The van der Waals surface area contributed by atoms with E-state index in [9.17, 15) is 4.79 Å². The van der Waals surface area contributed by atoms with E-state index in [0.717, 1.165) is 5.69 Å². The van der Waals surface area contributed by atoms with Crippen LogP contribution in [0.5, 0.6) is 5.06 Å². The van der Waals surface area contributed by atoms with Gasteiger partial charge in [0.2, 0.25) is 5.06 Å². The Morgan fingerprint density at radius 3 is 3.00 bits per heavy atom. The SMILES string of the molecule is CCC(=O)Oc1scnc1C. The van der Waals surface area contributed by atoms with Gasteiger partial charge in [-0.3, -0.25) is 4.79 Å². The molecule has 0 N–H and O–H groups in total. The highest BCUT2D eigenvalue weighted by Crippen LogP contribution is 2.22. The van der Waals surface area contributed by atoms with E-state index in [4.69, 9.17) is 4.74 Å². The van der Waals surface area contributed by atoms with E-state index in [-0.39, 0.29) is 5.97 Å². The van der Waals surface area contributed by atoms with Crippen LogP contribution in [0.25, 0.3) is 0 Å². The molecular formula is C7H9NO2S. The quantitative estimate of drug-likeness (QED) is 0.636. The molecule has 0 aromatic carbocycles. The van der Waals surface area contributed by atoms with Crippen LogP contribution in [0.3, 0.4) is 0 Å². The lowest BCUT2D eigenvalue weighted by atomic mass is 10.5. The van der Waals surface area contributed by atoms with Crippen LogP contribution >= 0.6 is 11.3 Å². The van der Waals surface area contributed by atoms with Crippen LogP contribution in [0.4, 0.5) is 0 Å². The van der Waals surface area contributed by atoms with Crippen molar-refractivity contribution >= 4 is 17.3 Å². The third kappa shape index (κ3) is 2.01. The van der Waals surface area contributed by atoms with E-state index in [2.05, 4.69) is 4.98 Å². The maximum absolute atomic E-state index is 10.8. The van der Waals surface area contributed by atoms with Gasteiger partial charge in [0.1, 0.15) is 0 Å². The predicted molar refractivity (Wildman–Crippen MR) is 42.8 cm³/mol. The number of ether oxygens (including phenoxy) is 1. The van der Waals surface area contributed by atoms with Gasteiger partial charge in [-0.1, -0.05) is 18.3 Å². The normalized spacial score (nSPS) is 9.64. The number of hydrogen-bond acceptors (Lipinski definition) is 4. The van der Waals surface area contributed by atoms with Crippen molar-refractivity contribution in [1.82, 2.24) is 4.98 Å². The first-order valence-corrected chi connectivity index (χ1v) is 4.22. The summed E-state index contributed by atoms with van der Waals surface area (Å²) in [6.07, 6.45) is 0.400. The third-order valence-corrected chi connectivity index (χ3v) is 2.00. The van der Waals surface area contributed by atoms with Crippen molar-refractivity contribution in [2.75, 3.05) is 0 Å². The molecule has 1 heterocycles. The molecule has 0 amide bonds. The van der Waals surface area contributed by atoms with E-state index >= 15 is 0 Å². The van der Waals surface area contributed by atoms with Gasteiger partial charge < -0.3 is 4.74 Å². The number of nitrogens with zero attached hydrogens (tertiary/aromatic N) is 1. The van der Waals surface area contributed by atoms with Gasteiger partial charge in [-0.25, -0.2) is 4.98 Å². The second kappa shape index (κ2) is 3.48. The molecule has 0 unspecified atom stereocenters. The summed E-state index contributed by atoms with van der Waals surface area (Å²) < 4.78 is 4.95. The Balaban J connectivity index is 2.64. The van der Waals surface area contributed by atoms with E-state index in [1.807, 2.05) is 6.92 Å². The molecule has 1 rings (SSSR count). The van der Waals surface area contributed by atoms with E-state index in [0.29, 0.717) is 11.5 Å². The number of carbonyl (C=O) groups is 1. The van der Waals surface area contributed by atoms with Gasteiger partial charge in [-0.2, -0.15) is 0 Å². The largest absolute Gasteiger partial charge is 0.413 e. The van der Waals surface area contributed by atoms with E-state index in [1.165, 1.54) is 11.3 Å². The molecule has 0 spiro atoms. The molecule has 0 aliphatic rings. The molecule has 0 fully saturated rings. The minimum absolute atomic E-state index is 0.211. The second-order valence-electron chi connectivity index (χ2n) is 2.05. The Labute approximate surface area is 69.0 Å². The van der Waals surface area contributed by atoms with Crippen molar-refractivity contribution in [2.24, 2.45) is 0 Å². The second-order valence-corrected chi connectivity index (χ2v) is 2.87. The van der Waals surface area contributed by atoms with Gasteiger partial charge in [0, 0.05) is 6.42 Å². The molecular weight excluding hydrogens is 162 g/mol. The summed E-state index contributed by atoms with van der Waals surface area (Å²) in [7, 11) is 0. The first kappa shape index (κ1) is 8.20.